The van der Waals surface area contributed by atoms with E-state index in [1.807, 2.05) is 35.2 Å². The first-order chi connectivity index (χ1) is 18.3. The van der Waals surface area contributed by atoms with Crippen LogP contribution < -0.4 is 9.64 Å². The zero-order valence-electron chi connectivity index (χ0n) is 20.0. The maximum atomic E-state index is 14.0. The van der Waals surface area contributed by atoms with Crippen molar-refractivity contribution in [1.82, 2.24) is 4.90 Å². The third kappa shape index (κ3) is 3.47. The van der Waals surface area contributed by atoms with Crippen molar-refractivity contribution in [3.8, 4) is 5.75 Å². The predicted octanol–water partition coefficient (Wildman–Crippen LogP) is 4.76. The molecule has 0 N–H and O–H groups in total. The van der Waals surface area contributed by atoms with Crippen molar-refractivity contribution in [3.63, 3.8) is 0 Å². The Morgan fingerprint density at radius 3 is 2.39 bits per heavy atom. The van der Waals surface area contributed by atoms with E-state index in [0.29, 0.717) is 15.8 Å². The maximum Gasteiger partial charge on any atom is 0.269 e. The first-order valence-corrected chi connectivity index (χ1v) is 12.7. The highest BCUT2D eigenvalue weighted by molar-refractivity contribution is 9.10. The number of anilines is 1. The highest BCUT2D eigenvalue weighted by Crippen LogP contribution is 2.53. The third-order valence-electron chi connectivity index (χ3n) is 7.49. The number of nitro benzene ring substituents is 1. The Labute approximate surface area is 225 Å². The van der Waals surface area contributed by atoms with Crippen LogP contribution in [0.1, 0.15) is 27.5 Å². The van der Waals surface area contributed by atoms with Crippen LogP contribution in [0, 0.1) is 22.0 Å². The predicted molar refractivity (Wildman–Crippen MR) is 141 cm³/mol. The molecule has 2 amide bonds. The molecule has 6 rings (SSSR count). The number of rotatable bonds is 5. The number of non-ortho nitro benzene ring substituents is 1. The molecule has 2 fully saturated rings. The van der Waals surface area contributed by atoms with Gasteiger partial charge in [-0.3, -0.25) is 24.5 Å². The van der Waals surface area contributed by atoms with Crippen LogP contribution in [0.3, 0.4) is 0 Å². The van der Waals surface area contributed by atoms with Crippen LogP contribution in [-0.4, -0.2) is 40.6 Å². The second-order valence-electron chi connectivity index (χ2n) is 9.33. The summed E-state index contributed by atoms with van der Waals surface area (Å²) in [7, 11) is 1.53. The summed E-state index contributed by atoms with van der Waals surface area (Å²) < 4.78 is 5.88. The Morgan fingerprint density at radius 1 is 1.00 bits per heavy atom. The average Bonchev–Trinajstić information content (AvgIpc) is 3.40. The Hall–Kier alpha value is -4.31. The number of imide groups is 1. The number of hydrogen-bond donors (Lipinski definition) is 0. The molecule has 3 aromatic carbocycles. The van der Waals surface area contributed by atoms with Gasteiger partial charge >= 0.3 is 0 Å². The maximum absolute atomic E-state index is 14.0. The van der Waals surface area contributed by atoms with E-state index in [2.05, 4.69) is 15.9 Å². The van der Waals surface area contributed by atoms with Gasteiger partial charge < -0.3 is 9.64 Å². The number of amides is 2. The van der Waals surface area contributed by atoms with Crippen molar-refractivity contribution < 1.29 is 24.0 Å². The van der Waals surface area contributed by atoms with Gasteiger partial charge in [-0.2, -0.15) is 0 Å². The van der Waals surface area contributed by atoms with Gasteiger partial charge in [0.05, 0.1) is 40.1 Å². The van der Waals surface area contributed by atoms with E-state index < -0.39 is 40.7 Å². The zero-order valence-corrected chi connectivity index (χ0v) is 21.6. The van der Waals surface area contributed by atoms with Gasteiger partial charge in [-0.25, -0.2) is 4.90 Å². The molecule has 3 aliphatic rings. The minimum atomic E-state index is -0.938. The van der Waals surface area contributed by atoms with Gasteiger partial charge in [0.2, 0.25) is 11.8 Å². The van der Waals surface area contributed by atoms with E-state index in [9.17, 15) is 24.5 Å². The van der Waals surface area contributed by atoms with Gasteiger partial charge in [-0.05, 0) is 63.5 Å². The summed E-state index contributed by atoms with van der Waals surface area (Å²) >= 11 is 3.43. The molecule has 0 saturated carbocycles. The summed E-state index contributed by atoms with van der Waals surface area (Å²) in [4.78, 5) is 55.3. The molecule has 0 radical (unpaired) electrons. The number of carbonyl (C=O) groups excluding carboxylic acids is 3. The Morgan fingerprint density at radius 2 is 1.71 bits per heavy atom. The lowest BCUT2D eigenvalue weighted by atomic mass is 9.83. The van der Waals surface area contributed by atoms with Gasteiger partial charge in [-0.15, -0.1) is 0 Å². The minimum absolute atomic E-state index is 0.149. The Balaban J connectivity index is 1.46. The number of nitro groups is 1. The molecule has 0 spiro atoms. The molecule has 3 aliphatic heterocycles. The summed E-state index contributed by atoms with van der Waals surface area (Å²) in [6.07, 6.45) is 3.68. The number of hydrogen-bond acceptors (Lipinski definition) is 7. The molecule has 0 aromatic heterocycles. The standard InChI is InChI=1S/C28H20BrN3O6/c1-38-21-11-6-16(14-20(21)29)26(33)25-23-22(24-19-5-3-2-4-15(19)12-13-30(24)25)27(34)31(28(23)35)17-7-9-18(10-8-17)32(36)37/h2-14,22-25H,1H3/t22-,23-,24+,25+/m1/s1. The molecule has 4 atom stereocenters. The molecule has 9 nitrogen and oxygen atoms in total. The monoisotopic (exact) mass is 573 g/mol. The van der Waals surface area contributed by atoms with Gasteiger partial charge in [0.25, 0.3) is 5.69 Å². The Bertz CT molecular complexity index is 1550. The molecule has 0 unspecified atom stereocenters. The number of nitrogens with zero attached hydrogens (tertiary/aromatic N) is 3. The van der Waals surface area contributed by atoms with Crippen LogP contribution in [0.5, 0.6) is 5.75 Å². The van der Waals surface area contributed by atoms with E-state index in [1.165, 1.54) is 31.4 Å². The lowest BCUT2D eigenvalue weighted by molar-refractivity contribution is -0.384. The molecule has 38 heavy (non-hydrogen) atoms. The fourth-order valence-corrected chi connectivity index (χ4v) is 6.37. The van der Waals surface area contributed by atoms with Crippen molar-refractivity contribution in [3.05, 3.63) is 104 Å². The van der Waals surface area contributed by atoms with Crippen molar-refractivity contribution in [2.24, 2.45) is 11.8 Å². The molecule has 10 heteroatoms. The number of ether oxygens (including phenoxy) is 1. The lowest BCUT2D eigenvalue weighted by Crippen LogP contribution is -2.44. The van der Waals surface area contributed by atoms with Crippen LogP contribution in [-0.2, 0) is 9.59 Å². The number of ketones is 1. The van der Waals surface area contributed by atoms with E-state index in [4.69, 9.17) is 4.74 Å². The van der Waals surface area contributed by atoms with Gasteiger partial charge in [0, 0.05) is 23.9 Å². The molecule has 3 heterocycles. The normalized spacial score (nSPS) is 23.2. The quantitative estimate of drug-likeness (QED) is 0.187. The fraction of sp³-hybridized carbons (Fsp3) is 0.179. The molecule has 3 aromatic rings. The summed E-state index contributed by atoms with van der Waals surface area (Å²) in [5.41, 5.74) is 2.25. The largest absolute Gasteiger partial charge is 0.496 e. The number of methoxy groups -OCH3 is 1. The van der Waals surface area contributed by atoms with E-state index in [-0.39, 0.29) is 17.2 Å². The van der Waals surface area contributed by atoms with Crippen molar-refractivity contribution in [1.29, 1.82) is 0 Å². The van der Waals surface area contributed by atoms with Crippen LogP contribution >= 0.6 is 15.9 Å². The van der Waals surface area contributed by atoms with Gasteiger partial charge in [0.15, 0.2) is 5.78 Å². The highest BCUT2D eigenvalue weighted by atomic mass is 79.9. The SMILES string of the molecule is COc1ccc(C(=O)[C@@H]2[C@@H]3C(=O)N(c4ccc([N+](=O)[O-])cc4)C(=O)[C@H]3[C@@H]3c4ccccc4C=CN23)cc1Br. The molecule has 2 saturated heterocycles. The molecule has 0 aliphatic carbocycles. The van der Waals surface area contributed by atoms with Crippen LogP contribution in [0.2, 0.25) is 0 Å². The molecule has 190 valence electrons. The number of halogens is 1. The van der Waals surface area contributed by atoms with Crippen molar-refractivity contribution in [2.75, 3.05) is 12.0 Å². The van der Waals surface area contributed by atoms with Crippen LogP contribution in [0.4, 0.5) is 11.4 Å². The molecule has 0 bridgehead atoms. The highest BCUT2D eigenvalue weighted by Gasteiger charge is 2.64. The van der Waals surface area contributed by atoms with Crippen LogP contribution in [0.25, 0.3) is 6.08 Å². The zero-order chi connectivity index (χ0) is 26.7. The van der Waals surface area contributed by atoms with E-state index >= 15 is 0 Å². The first kappa shape index (κ1) is 24.1. The minimum Gasteiger partial charge on any atom is -0.496 e. The molecular formula is C28H20BrN3O6. The topological polar surface area (TPSA) is 110 Å². The van der Waals surface area contributed by atoms with Crippen molar-refractivity contribution in [2.45, 2.75) is 12.1 Å². The Kier molecular flexibility index (Phi) is 5.64. The summed E-state index contributed by atoms with van der Waals surface area (Å²) in [6, 6.07) is 16.4. The summed E-state index contributed by atoms with van der Waals surface area (Å²) in [6.45, 7) is 0. The average molecular weight is 574 g/mol. The number of Topliss-reactive ketones (excluding diaryl/α,β-unsaturated/α-hetero) is 1. The van der Waals surface area contributed by atoms with E-state index in [0.717, 1.165) is 16.0 Å². The van der Waals surface area contributed by atoms with Crippen LogP contribution in [0.15, 0.2) is 77.4 Å². The first-order valence-electron chi connectivity index (χ1n) is 11.9. The second-order valence-corrected chi connectivity index (χ2v) is 10.2. The molecular weight excluding hydrogens is 554 g/mol. The second kappa shape index (κ2) is 8.91. The van der Waals surface area contributed by atoms with Gasteiger partial charge in [-0.1, -0.05) is 24.3 Å². The smallest absolute Gasteiger partial charge is 0.269 e. The number of fused-ring (bicyclic) bond motifs is 5. The summed E-state index contributed by atoms with van der Waals surface area (Å²) in [5, 5.41) is 11.1. The summed E-state index contributed by atoms with van der Waals surface area (Å²) in [5.74, 6) is -2.40. The number of carbonyl (C=O) groups is 3. The fourth-order valence-electron chi connectivity index (χ4n) is 5.83. The van der Waals surface area contributed by atoms with Crippen molar-refractivity contribution >= 4 is 51.0 Å². The third-order valence-corrected chi connectivity index (χ3v) is 8.10. The lowest BCUT2D eigenvalue weighted by Gasteiger charge is -2.35. The van der Waals surface area contributed by atoms with Gasteiger partial charge in [0.1, 0.15) is 11.8 Å². The number of benzene rings is 3. The van der Waals surface area contributed by atoms with E-state index in [1.54, 1.807) is 24.4 Å².